The van der Waals surface area contributed by atoms with E-state index in [1.54, 1.807) is 12.4 Å². The summed E-state index contributed by atoms with van der Waals surface area (Å²) in [6.45, 7) is 5.75. The number of amides is 1. The lowest BCUT2D eigenvalue weighted by atomic mass is 10.2. The Morgan fingerprint density at radius 2 is 1.79 bits per heavy atom. The fourth-order valence-electron chi connectivity index (χ4n) is 3.14. The van der Waals surface area contributed by atoms with E-state index in [1.807, 2.05) is 37.2 Å². The third-order valence-corrected chi connectivity index (χ3v) is 4.87. The number of nitrogens with one attached hydrogen (secondary N) is 1. The molecule has 1 aromatic carbocycles. The average molecular weight is 395 g/mol. The maximum absolute atomic E-state index is 12.7. The Morgan fingerprint density at radius 3 is 2.45 bits per heavy atom. The van der Waals surface area contributed by atoms with Gasteiger partial charge in [-0.25, -0.2) is 9.97 Å². The van der Waals surface area contributed by atoms with Crippen LogP contribution in [0.5, 0.6) is 0 Å². The van der Waals surface area contributed by atoms with E-state index in [0.29, 0.717) is 11.5 Å². The van der Waals surface area contributed by atoms with Crippen LogP contribution in [0.1, 0.15) is 15.9 Å². The summed E-state index contributed by atoms with van der Waals surface area (Å²) in [5.74, 6) is 0.558. The summed E-state index contributed by atoms with van der Waals surface area (Å²) in [5.41, 5.74) is 1.75. The zero-order valence-electron chi connectivity index (χ0n) is 17.3. The van der Waals surface area contributed by atoms with Crippen LogP contribution in [-0.2, 0) is 0 Å². The highest BCUT2D eigenvalue weighted by molar-refractivity contribution is 5.93. The second-order valence-corrected chi connectivity index (χ2v) is 7.43. The highest BCUT2D eigenvalue weighted by atomic mass is 16.2. The van der Waals surface area contributed by atoms with Crippen LogP contribution in [-0.4, -0.2) is 90.5 Å². The van der Waals surface area contributed by atoms with Gasteiger partial charge in [0.15, 0.2) is 0 Å². The fraction of sp³-hybridized carbons (Fsp3) is 0.409. The fourth-order valence-corrected chi connectivity index (χ4v) is 3.14. The van der Waals surface area contributed by atoms with Gasteiger partial charge >= 0.3 is 0 Å². The quantitative estimate of drug-likeness (QED) is 0.738. The zero-order valence-corrected chi connectivity index (χ0v) is 17.3. The molecular formula is C22H30N6O. The Bertz CT molecular complexity index is 783. The Labute approximate surface area is 173 Å². The van der Waals surface area contributed by atoms with Crippen molar-refractivity contribution in [2.24, 2.45) is 0 Å². The molecule has 7 nitrogen and oxygen atoms in total. The summed E-state index contributed by atoms with van der Waals surface area (Å²) in [7, 11) is 4.03. The van der Waals surface area contributed by atoms with E-state index in [2.05, 4.69) is 49.4 Å². The SMILES string of the molecule is CN(C)CCNc1ncc(C(=O)N2CCN(C/C=C/c3ccccc3)CC2)cn1. The third kappa shape index (κ3) is 6.66. The normalized spacial score (nSPS) is 15.2. The molecule has 0 atom stereocenters. The van der Waals surface area contributed by atoms with E-state index in [-0.39, 0.29) is 5.91 Å². The van der Waals surface area contributed by atoms with E-state index >= 15 is 0 Å². The minimum atomic E-state index is 0.00400. The monoisotopic (exact) mass is 394 g/mol. The van der Waals surface area contributed by atoms with Crippen LogP contribution in [0.15, 0.2) is 48.8 Å². The van der Waals surface area contributed by atoms with Gasteiger partial charge in [-0.1, -0.05) is 42.5 Å². The molecule has 0 bridgehead atoms. The Balaban J connectivity index is 1.43. The highest BCUT2D eigenvalue weighted by Crippen LogP contribution is 2.09. The van der Waals surface area contributed by atoms with Gasteiger partial charge in [0, 0.05) is 58.2 Å². The van der Waals surface area contributed by atoms with Crippen LogP contribution in [0, 0.1) is 0 Å². The first kappa shape index (κ1) is 21.0. The number of piperazine rings is 1. The smallest absolute Gasteiger partial charge is 0.257 e. The van der Waals surface area contributed by atoms with E-state index in [1.165, 1.54) is 5.56 Å². The Morgan fingerprint density at radius 1 is 1.10 bits per heavy atom. The van der Waals surface area contributed by atoms with Gasteiger partial charge in [-0.15, -0.1) is 0 Å². The number of nitrogens with zero attached hydrogens (tertiary/aromatic N) is 5. The molecule has 0 saturated carbocycles. The summed E-state index contributed by atoms with van der Waals surface area (Å²) in [6.07, 6.45) is 7.55. The van der Waals surface area contributed by atoms with Crippen molar-refractivity contribution in [3.8, 4) is 0 Å². The summed E-state index contributed by atoms with van der Waals surface area (Å²) >= 11 is 0. The summed E-state index contributed by atoms with van der Waals surface area (Å²) < 4.78 is 0. The van der Waals surface area contributed by atoms with Crippen LogP contribution in [0.2, 0.25) is 0 Å². The van der Waals surface area contributed by atoms with Crippen molar-refractivity contribution in [1.29, 1.82) is 0 Å². The van der Waals surface area contributed by atoms with Gasteiger partial charge in [-0.2, -0.15) is 0 Å². The molecule has 1 fully saturated rings. The van der Waals surface area contributed by atoms with Crippen molar-refractivity contribution >= 4 is 17.9 Å². The number of hydrogen-bond donors (Lipinski definition) is 1. The summed E-state index contributed by atoms with van der Waals surface area (Å²) in [6, 6.07) is 10.3. The standard InChI is InChI=1S/C22H30N6O/c1-26(2)12-10-23-22-24-17-20(18-25-22)21(29)28-15-13-27(14-16-28)11-6-9-19-7-4-3-5-8-19/h3-9,17-18H,10-16H2,1-2H3,(H,23,24,25)/b9-6+. The Hall–Kier alpha value is -2.77. The molecular weight excluding hydrogens is 364 g/mol. The lowest BCUT2D eigenvalue weighted by Crippen LogP contribution is -2.48. The number of benzene rings is 1. The number of likely N-dealkylation sites (N-methyl/N-ethyl adjacent to an activating group) is 1. The lowest BCUT2D eigenvalue weighted by molar-refractivity contribution is 0.0649. The van der Waals surface area contributed by atoms with E-state index in [0.717, 1.165) is 45.8 Å². The summed E-state index contributed by atoms with van der Waals surface area (Å²) in [5, 5.41) is 3.16. The van der Waals surface area contributed by atoms with E-state index < -0.39 is 0 Å². The van der Waals surface area contributed by atoms with Gasteiger partial charge in [-0.05, 0) is 19.7 Å². The number of aromatic nitrogens is 2. The molecule has 3 rings (SSSR count). The maximum atomic E-state index is 12.7. The molecule has 0 unspecified atom stereocenters. The van der Waals surface area contributed by atoms with Crippen molar-refractivity contribution in [2.75, 3.05) is 65.2 Å². The number of hydrogen-bond acceptors (Lipinski definition) is 6. The van der Waals surface area contributed by atoms with Crippen LogP contribution >= 0.6 is 0 Å². The molecule has 29 heavy (non-hydrogen) atoms. The predicted octanol–water partition coefficient (Wildman–Crippen LogP) is 1.92. The van der Waals surface area contributed by atoms with Gasteiger partial charge in [0.05, 0.1) is 5.56 Å². The maximum Gasteiger partial charge on any atom is 0.257 e. The first-order valence-electron chi connectivity index (χ1n) is 10.1. The Kier molecular flexibility index (Phi) is 7.72. The van der Waals surface area contributed by atoms with E-state index in [9.17, 15) is 4.79 Å². The molecule has 0 radical (unpaired) electrons. The average Bonchev–Trinajstić information content (AvgIpc) is 2.75. The molecule has 1 saturated heterocycles. The summed E-state index contributed by atoms with van der Waals surface area (Å²) in [4.78, 5) is 27.6. The number of carbonyl (C=O) groups excluding carboxylic acids is 1. The lowest BCUT2D eigenvalue weighted by Gasteiger charge is -2.34. The van der Waals surface area contributed by atoms with Crippen molar-refractivity contribution in [1.82, 2.24) is 24.7 Å². The second-order valence-electron chi connectivity index (χ2n) is 7.43. The van der Waals surface area contributed by atoms with Crippen molar-refractivity contribution in [2.45, 2.75) is 0 Å². The molecule has 1 amide bonds. The van der Waals surface area contributed by atoms with E-state index in [4.69, 9.17) is 0 Å². The minimum absolute atomic E-state index is 0.00400. The van der Waals surface area contributed by atoms with Crippen molar-refractivity contribution in [3.63, 3.8) is 0 Å². The molecule has 1 N–H and O–H groups in total. The number of anilines is 1. The van der Waals surface area contributed by atoms with Crippen LogP contribution in [0.25, 0.3) is 6.08 Å². The third-order valence-electron chi connectivity index (χ3n) is 4.87. The van der Waals surface area contributed by atoms with Gasteiger partial charge in [0.1, 0.15) is 0 Å². The van der Waals surface area contributed by atoms with Gasteiger partial charge in [0.2, 0.25) is 5.95 Å². The highest BCUT2D eigenvalue weighted by Gasteiger charge is 2.22. The second kappa shape index (κ2) is 10.7. The van der Waals surface area contributed by atoms with Gasteiger partial charge in [-0.3, -0.25) is 9.69 Å². The molecule has 1 aromatic heterocycles. The molecule has 1 aliphatic rings. The predicted molar refractivity (Wildman–Crippen MR) is 117 cm³/mol. The van der Waals surface area contributed by atoms with Crippen LogP contribution in [0.3, 0.4) is 0 Å². The largest absolute Gasteiger partial charge is 0.353 e. The van der Waals surface area contributed by atoms with Crippen LogP contribution < -0.4 is 5.32 Å². The molecule has 0 aliphatic carbocycles. The van der Waals surface area contributed by atoms with Crippen molar-refractivity contribution in [3.05, 3.63) is 59.9 Å². The van der Waals surface area contributed by atoms with Crippen LogP contribution in [0.4, 0.5) is 5.95 Å². The number of rotatable bonds is 8. The molecule has 2 aromatic rings. The molecule has 7 heteroatoms. The first-order chi connectivity index (χ1) is 14.1. The molecule has 1 aliphatic heterocycles. The van der Waals surface area contributed by atoms with Gasteiger partial charge < -0.3 is 15.1 Å². The molecule has 154 valence electrons. The molecule has 0 spiro atoms. The topological polar surface area (TPSA) is 64.6 Å². The van der Waals surface area contributed by atoms with Crippen molar-refractivity contribution < 1.29 is 4.79 Å². The minimum Gasteiger partial charge on any atom is -0.353 e. The van der Waals surface area contributed by atoms with Gasteiger partial charge in [0.25, 0.3) is 5.91 Å². The number of carbonyl (C=O) groups is 1. The zero-order chi connectivity index (χ0) is 20.5. The first-order valence-corrected chi connectivity index (χ1v) is 10.1. The molecule has 2 heterocycles.